The van der Waals surface area contributed by atoms with Gasteiger partial charge in [0.05, 0.1) is 33.2 Å². The van der Waals surface area contributed by atoms with Crippen LogP contribution in [-0.4, -0.2) is 4.57 Å². The minimum Gasteiger partial charge on any atom is -0.310 e. The van der Waals surface area contributed by atoms with Crippen molar-refractivity contribution in [3.05, 3.63) is 299 Å². The Kier molecular flexibility index (Phi) is 7.51. The van der Waals surface area contributed by atoms with Crippen molar-refractivity contribution in [1.82, 2.24) is 4.57 Å². The van der Waals surface area contributed by atoms with Gasteiger partial charge in [0.25, 0.3) is 0 Å². The van der Waals surface area contributed by atoms with E-state index in [0.29, 0.717) is 0 Å². The van der Waals surface area contributed by atoms with E-state index in [4.69, 9.17) is 0 Å². The second-order valence-electron chi connectivity index (χ2n) is 19.4. The van der Waals surface area contributed by atoms with E-state index in [1.54, 1.807) is 0 Å². The molecule has 0 bridgehead atoms. The Morgan fingerprint density at radius 1 is 0.300 bits per heavy atom. The standard InChI is InChI=1S/C68H42N2/c1-2-19-43(20-3-1)44-21-16-22-45(41-44)69(46-39-40-50-49-25-6-11-31-56(49)67(61(50)42-46)54-29-9-4-23-47(54)48-24-5-10-30-55(48)67)64-38-18-34-59-65(64)53-27-7-12-32-57(53)68(59)58-33-13-15-37-63(58)70-62-36-14-8-26-51(62)52-28-17-35-60(68)66(52)70/h1-42H. The van der Waals surface area contributed by atoms with Crippen molar-refractivity contribution in [3.8, 4) is 50.2 Å². The molecule has 1 atom stereocenters. The van der Waals surface area contributed by atoms with E-state index in [1.807, 2.05) is 0 Å². The molecule has 1 aromatic heterocycles. The molecule has 2 heterocycles. The van der Waals surface area contributed by atoms with Gasteiger partial charge in [-0.25, -0.2) is 0 Å². The number of hydrogen-bond donors (Lipinski definition) is 0. The molecule has 3 aliphatic carbocycles. The van der Waals surface area contributed by atoms with Gasteiger partial charge >= 0.3 is 0 Å². The Balaban J connectivity index is 1.01. The molecule has 324 valence electrons. The summed E-state index contributed by atoms with van der Waals surface area (Å²) in [5.74, 6) is 0. The van der Waals surface area contributed by atoms with Gasteiger partial charge in [0, 0.05) is 27.7 Å². The van der Waals surface area contributed by atoms with Crippen molar-refractivity contribution in [2.24, 2.45) is 0 Å². The first-order chi connectivity index (χ1) is 34.8. The van der Waals surface area contributed by atoms with Gasteiger partial charge in [-0.1, -0.05) is 212 Å². The third kappa shape index (κ3) is 4.59. The van der Waals surface area contributed by atoms with Crippen LogP contribution in [0, 0.1) is 0 Å². The SMILES string of the molecule is c1ccc(-c2cccc(N(c3ccc4c(c3)C3(c5ccccc5-c5ccccc53)c3ccccc3-4)c3cccc4c3-c3ccccc3C43c4ccccc4-n4c5ccccc5c5cccc3c54)c2)cc1. The number of aromatic nitrogens is 1. The summed E-state index contributed by atoms with van der Waals surface area (Å²) in [6.45, 7) is 0. The van der Waals surface area contributed by atoms with Crippen LogP contribution in [0.25, 0.3) is 72.0 Å². The van der Waals surface area contributed by atoms with E-state index in [1.165, 1.54) is 117 Å². The Labute approximate surface area is 406 Å². The smallest absolute Gasteiger partial charge is 0.0755 e. The van der Waals surface area contributed by atoms with Crippen molar-refractivity contribution in [2.45, 2.75) is 10.8 Å². The van der Waals surface area contributed by atoms with Crippen LogP contribution in [0.4, 0.5) is 17.1 Å². The maximum Gasteiger partial charge on any atom is 0.0755 e. The fourth-order valence-electron chi connectivity index (χ4n) is 13.9. The Morgan fingerprint density at radius 3 is 1.54 bits per heavy atom. The molecule has 70 heavy (non-hydrogen) atoms. The highest BCUT2D eigenvalue weighted by atomic mass is 15.1. The molecule has 16 rings (SSSR count). The summed E-state index contributed by atoms with van der Waals surface area (Å²) >= 11 is 0. The number of para-hydroxylation sites is 3. The minimum absolute atomic E-state index is 0.481. The summed E-state index contributed by atoms with van der Waals surface area (Å²) in [4.78, 5) is 2.57. The molecular weight excluding hydrogens is 845 g/mol. The van der Waals surface area contributed by atoms with Gasteiger partial charge < -0.3 is 9.47 Å². The van der Waals surface area contributed by atoms with E-state index in [2.05, 4.69) is 264 Å². The maximum absolute atomic E-state index is 2.57. The van der Waals surface area contributed by atoms with Crippen LogP contribution < -0.4 is 4.90 Å². The van der Waals surface area contributed by atoms with Crippen molar-refractivity contribution in [1.29, 1.82) is 0 Å². The number of fused-ring (bicyclic) bond motifs is 22. The largest absolute Gasteiger partial charge is 0.310 e. The zero-order chi connectivity index (χ0) is 45.7. The quantitative estimate of drug-likeness (QED) is 0.171. The van der Waals surface area contributed by atoms with Crippen molar-refractivity contribution >= 4 is 38.9 Å². The van der Waals surface area contributed by atoms with Gasteiger partial charge in [0.1, 0.15) is 0 Å². The lowest BCUT2D eigenvalue weighted by molar-refractivity contribution is 0.748. The van der Waals surface area contributed by atoms with Gasteiger partial charge in [0.2, 0.25) is 0 Å². The molecule has 11 aromatic carbocycles. The van der Waals surface area contributed by atoms with Crippen LogP contribution in [0.5, 0.6) is 0 Å². The van der Waals surface area contributed by atoms with Crippen molar-refractivity contribution in [3.63, 3.8) is 0 Å². The van der Waals surface area contributed by atoms with E-state index in [9.17, 15) is 0 Å². The first-order valence-electron chi connectivity index (χ1n) is 24.5. The zero-order valence-corrected chi connectivity index (χ0v) is 38.1. The average Bonchev–Trinajstić information content (AvgIpc) is 4.13. The van der Waals surface area contributed by atoms with E-state index < -0.39 is 10.8 Å². The third-order valence-corrected chi connectivity index (χ3v) is 16.4. The van der Waals surface area contributed by atoms with Crippen LogP contribution in [0.2, 0.25) is 0 Å². The Morgan fingerprint density at radius 2 is 0.800 bits per heavy atom. The zero-order valence-electron chi connectivity index (χ0n) is 38.1. The fourth-order valence-corrected chi connectivity index (χ4v) is 13.9. The molecule has 0 amide bonds. The second-order valence-corrected chi connectivity index (χ2v) is 19.4. The highest BCUT2D eigenvalue weighted by Crippen LogP contribution is 2.66. The lowest BCUT2D eigenvalue weighted by Crippen LogP contribution is -2.33. The minimum atomic E-state index is -0.582. The highest BCUT2D eigenvalue weighted by Gasteiger charge is 2.53. The van der Waals surface area contributed by atoms with E-state index >= 15 is 0 Å². The molecule has 2 spiro atoms. The lowest BCUT2D eigenvalue weighted by Gasteiger charge is -2.39. The normalized spacial score (nSPS) is 15.6. The first-order valence-corrected chi connectivity index (χ1v) is 24.5. The van der Waals surface area contributed by atoms with E-state index in [0.717, 1.165) is 17.1 Å². The number of benzene rings is 11. The summed E-state index contributed by atoms with van der Waals surface area (Å²) < 4.78 is 2.53. The maximum atomic E-state index is 2.57. The molecule has 2 heteroatoms. The monoisotopic (exact) mass is 886 g/mol. The van der Waals surface area contributed by atoms with Gasteiger partial charge in [-0.05, 0) is 126 Å². The second kappa shape index (κ2) is 13.8. The molecule has 0 radical (unpaired) electrons. The molecule has 4 aliphatic rings. The van der Waals surface area contributed by atoms with Crippen LogP contribution in [0.1, 0.15) is 44.5 Å². The molecule has 1 aliphatic heterocycles. The summed E-state index contributed by atoms with van der Waals surface area (Å²) in [7, 11) is 0. The number of anilines is 3. The van der Waals surface area contributed by atoms with Crippen LogP contribution >= 0.6 is 0 Å². The van der Waals surface area contributed by atoms with Crippen molar-refractivity contribution in [2.75, 3.05) is 4.90 Å². The van der Waals surface area contributed by atoms with Crippen LogP contribution in [0.3, 0.4) is 0 Å². The van der Waals surface area contributed by atoms with Gasteiger partial charge in [-0.3, -0.25) is 0 Å². The van der Waals surface area contributed by atoms with Gasteiger partial charge in [-0.15, -0.1) is 0 Å². The molecule has 0 saturated carbocycles. The lowest BCUT2D eigenvalue weighted by atomic mass is 9.65. The Hall–Kier alpha value is -8.98. The molecule has 12 aromatic rings. The topological polar surface area (TPSA) is 8.17 Å². The summed E-state index contributed by atoms with van der Waals surface area (Å²) in [5.41, 5.74) is 26.7. The summed E-state index contributed by atoms with van der Waals surface area (Å²) in [5, 5.41) is 2.56. The first kappa shape index (κ1) is 38.0. The molecule has 0 saturated heterocycles. The van der Waals surface area contributed by atoms with Gasteiger partial charge in [0.15, 0.2) is 0 Å². The van der Waals surface area contributed by atoms with Crippen molar-refractivity contribution < 1.29 is 0 Å². The molecule has 1 unspecified atom stereocenters. The molecular formula is C68H42N2. The van der Waals surface area contributed by atoms with Gasteiger partial charge in [-0.2, -0.15) is 0 Å². The molecule has 2 nitrogen and oxygen atoms in total. The summed E-state index contributed by atoms with van der Waals surface area (Å²) in [6, 6.07) is 96.1. The number of nitrogens with zero attached hydrogens (tertiary/aromatic N) is 2. The predicted octanol–water partition coefficient (Wildman–Crippen LogP) is 16.9. The average molecular weight is 887 g/mol. The third-order valence-electron chi connectivity index (χ3n) is 16.4. The fraction of sp³-hybridized carbons (Fsp3) is 0.0294. The van der Waals surface area contributed by atoms with E-state index in [-0.39, 0.29) is 0 Å². The Bertz CT molecular complexity index is 4150. The molecule has 0 N–H and O–H groups in total. The number of hydrogen-bond acceptors (Lipinski definition) is 1. The highest BCUT2D eigenvalue weighted by molar-refractivity contribution is 6.13. The molecule has 0 fully saturated rings. The number of rotatable bonds is 4. The summed E-state index contributed by atoms with van der Waals surface area (Å²) in [6.07, 6.45) is 0. The predicted molar refractivity (Wildman–Crippen MR) is 288 cm³/mol. The van der Waals surface area contributed by atoms with Crippen LogP contribution in [-0.2, 0) is 10.8 Å². The van der Waals surface area contributed by atoms with Crippen LogP contribution in [0.15, 0.2) is 255 Å².